The molecule has 0 spiro atoms. The predicted molar refractivity (Wildman–Crippen MR) is 79.3 cm³/mol. The van der Waals surface area contributed by atoms with Gasteiger partial charge >= 0.3 is 0 Å². The second-order valence-corrected chi connectivity index (χ2v) is 5.64. The van der Waals surface area contributed by atoms with Gasteiger partial charge in [-0.3, -0.25) is 14.5 Å². The van der Waals surface area contributed by atoms with Gasteiger partial charge in [0, 0.05) is 11.7 Å². The van der Waals surface area contributed by atoms with Crippen LogP contribution in [0, 0.1) is 6.92 Å². The number of carbonyl (C=O) groups is 2. The molecule has 2 amide bonds. The molecule has 1 saturated carbocycles. The van der Waals surface area contributed by atoms with Gasteiger partial charge in [0.2, 0.25) is 5.91 Å². The van der Waals surface area contributed by atoms with Crippen LogP contribution in [0.2, 0.25) is 0 Å². The number of nitrogens with zero attached hydrogens (tertiary/aromatic N) is 1. The van der Waals surface area contributed by atoms with Gasteiger partial charge in [-0.2, -0.15) is 0 Å². The monoisotopic (exact) mass is 288 g/mol. The smallest absolute Gasteiger partial charge is 0.252 e. The normalized spacial score (nSPS) is 21.8. The van der Waals surface area contributed by atoms with Crippen LogP contribution in [-0.4, -0.2) is 35.4 Å². The quantitative estimate of drug-likeness (QED) is 0.843. The molecule has 21 heavy (non-hydrogen) atoms. The summed E-state index contributed by atoms with van der Waals surface area (Å²) in [6.07, 6.45) is 2.15. The molecule has 1 atom stereocenters. The lowest BCUT2D eigenvalue weighted by Crippen LogP contribution is -2.36. The topological polar surface area (TPSA) is 58.6 Å². The second kappa shape index (κ2) is 5.39. The lowest BCUT2D eigenvalue weighted by Gasteiger charge is -2.17. The van der Waals surface area contributed by atoms with Crippen LogP contribution in [0.25, 0.3) is 0 Å². The van der Waals surface area contributed by atoms with E-state index < -0.39 is 6.04 Å². The Bertz CT molecular complexity index is 581. The number of hydrogen-bond acceptors (Lipinski definition) is 4. The van der Waals surface area contributed by atoms with Gasteiger partial charge in [-0.1, -0.05) is 0 Å². The number of nitrogens with one attached hydrogen (secondary N) is 1. The van der Waals surface area contributed by atoms with E-state index in [-0.39, 0.29) is 24.3 Å². The van der Waals surface area contributed by atoms with Crippen LogP contribution >= 0.6 is 0 Å². The molecule has 1 aliphatic carbocycles. The molecule has 3 rings (SSSR count). The van der Waals surface area contributed by atoms with Crippen molar-refractivity contribution in [1.29, 1.82) is 0 Å². The number of carbonyl (C=O) groups excluding carboxylic acids is 2. The molecule has 0 bridgehead atoms. The van der Waals surface area contributed by atoms with E-state index in [0.29, 0.717) is 6.61 Å². The Labute approximate surface area is 124 Å². The molecule has 1 N–H and O–H groups in total. The van der Waals surface area contributed by atoms with Gasteiger partial charge in [0.05, 0.1) is 13.0 Å². The van der Waals surface area contributed by atoms with E-state index in [1.807, 2.05) is 32.0 Å². The summed E-state index contributed by atoms with van der Waals surface area (Å²) in [6.45, 7) is 4.53. The van der Waals surface area contributed by atoms with Crippen molar-refractivity contribution in [3.63, 3.8) is 0 Å². The van der Waals surface area contributed by atoms with Gasteiger partial charge in [0.1, 0.15) is 11.8 Å². The van der Waals surface area contributed by atoms with Crippen molar-refractivity contribution in [3.8, 4) is 5.75 Å². The number of rotatable bonds is 5. The first-order valence-corrected chi connectivity index (χ1v) is 7.46. The lowest BCUT2D eigenvalue weighted by atomic mass is 10.1. The molecule has 112 valence electrons. The van der Waals surface area contributed by atoms with Gasteiger partial charge in [0.15, 0.2) is 0 Å². The van der Waals surface area contributed by atoms with E-state index in [2.05, 4.69) is 5.32 Å². The van der Waals surface area contributed by atoms with Crippen LogP contribution in [-0.2, 0) is 9.59 Å². The highest BCUT2D eigenvalue weighted by atomic mass is 16.5. The fraction of sp³-hybridized carbons (Fsp3) is 0.500. The average molecular weight is 288 g/mol. The molecular formula is C16H20N2O3. The first kappa shape index (κ1) is 13.9. The van der Waals surface area contributed by atoms with E-state index in [0.717, 1.165) is 29.8 Å². The minimum absolute atomic E-state index is 0.0522. The summed E-state index contributed by atoms with van der Waals surface area (Å²) in [5.41, 5.74) is 1.88. The van der Waals surface area contributed by atoms with Crippen molar-refractivity contribution in [1.82, 2.24) is 4.90 Å². The Morgan fingerprint density at radius 2 is 2.10 bits per heavy atom. The van der Waals surface area contributed by atoms with Crippen molar-refractivity contribution in [2.45, 2.75) is 45.2 Å². The maximum atomic E-state index is 12.3. The highest BCUT2D eigenvalue weighted by Gasteiger charge is 2.46. The van der Waals surface area contributed by atoms with Crippen LogP contribution in [0.1, 0.15) is 31.7 Å². The summed E-state index contributed by atoms with van der Waals surface area (Å²) in [6, 6.07) is 5.43. The molecule has 0 aromatic heterocycles. The van der Waals surface area contributed by atoms with E-state index in [1.165, 1.54) is 4.90 Å². The SMILES string of the molecule is CCOc1ccc(NC2CC(=O)N(C3CC3)C2=O)c(C)c1. The Hall–Kier alpha value is -2.04. The molecule has 1 aliphatic heterocycles. The maximum absolute atomic E-state index is 12.3. The first-order chi connectivity index (χ1) is 10.1. The number of ether oxygens (including phenoxy) is 1. The van der Waals surface area contributed by atoms with Crippen molar-refractivity contribution >= 4 is 17.5 Å². The zero-order chi connectivity index (χ0) is 15.0. The Morgan fingerprint density at radius 1 is 1.33 bits per heavy atom. The number of benzene rings is 1. The molecule has 0 radical (unpaired) electrons. The van der Waals surface area contributed by atoms with Gasteiger partial charge in [-0.05, 0) is 50.5 Å². The second-order valence-electron chi connectivity index (χ2n) is 5.64. The third kappa shape index (κ3) is 2.73. The number of hydrogen-bond donors (Lipinski definition) is 1. The van der Waals surface area contributed by atoms with Crippen molar-refractivity contribution in [3.05, 3.63) is 23.8 Å². The third-order valence-electron chi connectivity index (χ3n) is 3.93. The summed E-state index contributed by atoms with van der Waals surface area (Å²) < 4.78 is 5.45. The third-order valence-corrected chi connectivity index (χ3v) is 3.93. The number of aryl methyl sites for hydroxylation is 1. The fourth-order valence-electron chi connectivity index (χ4n) is 2.72. The zero-order valence-electron chi connectivity index (χ0n) is 12.4. The lowest BCUT2D eigenvalue weighted by molar-refractivity contribution is -0.139. The van der Waals surface area contributed by atoms with Gasteiger partial charge in [-0.15, -0.1) is 0 Å². The van der Waals surface area contributed by atoms with E-state index in [4.69, 9.17) is 4.74 Å². The van der Waals surface area contributed by atoms with Crippen molar-refractivity contribution in [2.75, 3.05) is 11.9 Å². The first-order valence-electron chi connectivity index (χ1n) is 7.46. The maximum Gasteiger partial charge on any atom is 0.252 e. The Morgan fingerprint density at radius 3 is 2.71 bits per heavy atom. The molecule has 1 aromatic carbocycles. The molecule has 2 fully saturated rings. The molecule has 1 saturated heterocycles. The molecule has 1 unspecified atom stereocenters. The minimum Gasteiger partial charge on any atom is -0.494 e. The predicted octanol–water partition coefficient (Wildman–Crippen LogP) is 2.10. The van der Waals surface area contributed by atoms with Crippen LogP contribution in [0.5, 0.6) is 5.75 Å². The molecule has 2 aliphatic rings. The minimum atomic E-state index is -0.435. The van der Waals surface area contributed by atoms with Crippen LogP contribution < -0.4 is 10.1 Å². The summed E-state index contributed by atoms with van der Waals surface area (Å²) in [5.74, 6) is 0.674. The number of anilines is 1. The Balaban J connectivity index is 1.72. The van der Waals surface area contributed by atoms with Crippen LogP contribution in [0.3, 0.4) is 0 Å². The van der Waals surface area contributed by atoms with Gasteiger partial charge in [0.25, 0.3) is 5.91 Å². The zero-order valence-corrected chi connectivity index (χ0v) is 12.4. The van der Waals surface area contributed by atoms with Crippen molar-refractivity contribution < 1.29 is 14.3 Å². The van der Waals surface area contributed by atoms with Crippen LogP contribution in [0.15, 0.2) is 18.2 Å². The molecule has 1 heterocycles. The molecule has 1 aromatic rings. The number of amides is 2. The van der Waals surface area contributed by atoms with E-state index >= 15 is 0 Å². The van der Waals surface area contributed by atoms with E-state index in [9.17, 15) is 9.59 Å². The summed E-state index contributed by atoms with van der Waals surface area (Å²) >= 11 is 0. The summed E-state index contributed by atoms with van der Waals surface area (Å²) in [5, 5.41) is 3.20. The van der Waals surface area contributed by atoms with E-state index in [1.54, 1.807) is 0 Å². The van der Waals surface area contributed by atoms with Crippen LogP contribution in [0.4, 0.5) is 5.69 Å². The fourth-order valence-corrected chi connectivity index (χ4v) is 2.72. The molecule has 5 heteroatoms. The highest BCUT2D eigenvalue weighted by molar-refractivity contribution is 6.07. The highest BCUT2D eigenvalue weighted by Crippen LogP contribution is 2.33. The van der Waals surface area contributed by atoms with Crippen molar-refractivity contribution in [2.24, 2.45) is 0 Å². The Kier molecular flexibility index (Phi) is 3.57. The van der Waals surface area contributed by atoms with Gasteiger partial charge in [-0.25, -0.2) is 0 Å². The number of likely N-dealkylation sites (tertiary alicyclic amines) is 1. The van der Waals surface area contributed by atoms with Gasteiger partial charge < -0.3 is 10.1 Å². The largest absolute Gasteiger partial charge is 0.494 e. The summed E-state index contributed by atoms with van der Waals surface area (Å²) in [4.78, 5) is 25.7. The average Bonchev–Trinajstić information content (AvgIpc) is 3.21. The molecular weight excluding hydrogens is 268 g/mol. The standard InChI is InChI=1S/C16H20N2O3/c1-3-21-12-6-7-13(10(2)8-12)17-14-9-15(19)18(16(14)20)11-4-5-11/h6-8,11,14,17H,3-5,9H2,1-2H3. The summed E-state index contributed by atoms with van der Waals surface area (Å²) in [7, 11) is 0. The molecule has 5 nitrogen and oxygen atoms in total. The number of imide groups is 1.